The first-order chi connectivity index (χ1) is 4.74. The van der Waals surface area contributed by atoms with Crippen LogP contribution in [0.4, 0.5) is 0 Å². The summed E-state index contributed by atoms with van der Waals surface area (Å²) in [6, 6.07) is 0.753. The van der Waals surface area contributed by atoms with E-state index in [1.54, 1.807) is 0 Å². The Hall–Kier alpha value is -0.0800. The fourth-order valence-electron chi connectivity index (χ4n) is 1.65. The van der Waals surface area contributed by atoms with E-state index in [-0.39, 0.29) is 0 Å². The normalized spacial score (nSPS) is 30.9. The quantitative estimate of drug-likeness (QED) is 0.530. The first kappa shape index (κ1) is 8.02. The average molecular weight is 142 g/mol. The number of hydrogen-bond donors (Lipinski definition) is 0. The Morgan fingerprint density at radius 3 is 2.60 bits per heavy atom. The van der Waals surface area contributed by atoms with E-state index in [1.807, 2.05) is 0 Å². The molecule has 0 radical (unpaired) electrons. The molecule has 2 heteroatoms. The summed E-state index contributed by atoms with van der Waals surface area (Å²) >= 11 is 0. The standard InChI is InChI=1S/C8H18N2/c1-4-10-6-5-9(3)7-8(10)2/h8H,4-7H2,1-3H3/t8-/m0/s1. The van der Waals surface area contributed by atoms with Crippen molar-refractivity contribution in [2.75, 3.05) is 33.2 Å². The van der Waals surface area contributed by atoms with Gasteiger partial charge in [-0.1, -0.05) is 6.92 Å². The van der Waals surface area contributed by atoms with Crippen molar-refractivity contribution in [3.8, 4) is 0 Å². The molecule has 10 heavy (non-hydrogen) atoms. The summed E-state index contributed by atoms with van der Waals surface area (Å²) in [6.45, 7) is 9.45. The first-order valence-electron chi connectivity index (χ1n) is 4.16. The van der Waals surface area contributed by atoms with Gasteiger partial charge in [-0.15, -0.1) is 0 Å². The molecule has 0 spiro atoms. The van der Waals surface area contributed by atoms with Crippen LogP contribution in [0.1, 0.15) is 13.8 Å². The van der Waals surface area contributed by atoms with Crippen LogP contribution < -0.4 is 0 Å². The molecule has 0 aromatic carbocycles. The van der Waals surface area contributed by atoms with Crippen LogP contribution >= 0.6 is 0 Å². The highest BCUT2D eigenvalue weighted by Gasteiger charge is 2.18. The van der Waals surface area contributed by atoms with Gasteiger partial charge in [0.25, 0.3) is 0 Å². The third-order valence-corrected chi connectivity index (χ3v) is 2.37. The summed E-state index contributed by atoms with van der Waals surface area (Å²) in [7, 11) is 2.20. The zero-order valence-electron chi connectivity index (χ0n) is 7.30. The third kappa shape index (κ3) is 1.70. The van der Waals surface area contributed by atoms with Crippen molar-refractivity contribution in [2.45, 2.75) is 19.9 Å². The summed E-state index contributed by atoms with van der Waals surface area (Å²) in [5.41, 5.74) is 0. The second-order valence-electron chi connectivity index (χ2n) is 3.24. The van der Waals surface area contributed by atoms with E-state index in [0.717, 1.165) is 6.04 Å². The summed E-state index contributed by atoms with van der Waals surface area (Å²) in [5.74, 6) is 0. The highest BCUT2D eigenvalue weighted by Crippen LogP contribution is 2.05. The van der Waals surface area contributed by atoms with Crippen LogP contribution in [-0.2, 0) is 0 Å². The van der Waals surface area contributed by atoms with E-state index in [9.17, 15) is 0 Å². The molecule has 0 aliphatic carbocycles. The maximum absolute atomic E-state index is 2.53. The lowest BCUT2D eigenvalue weighted by atomic mass is 10.2. The van der Waals surface area contributed by atoms with E-state index in [0.29, 0.717) is 0 Å². The second-order valence-corrected chi connectivity index (χ2v) is 3.24. The molecule has 0 unspecified atom stereocenters. The van der Waals surface area contributed by atoms with Crippen LogP contribution in [0.25, 0.3) is 0 Å². The van der Waals surface area contributed by atoms with Crippen molar-refractivity contribution >= 4 is 0 Å². The molecular weight excluding hydrogens is 124 g/mol. The van der Waals surface area contributed by atoms with Crippen LogP contribution in [0.3, 0.4) is 0 Å². The van der Waals surface area contributed by atoms with Crippen LogP contribution in [0.15, 0.2) is 0 Å². The van der Waals surface area contributed by atoms with Crippen LogP contribution in [-0.4, -0.2) is 49.1 Å². The average Bonchev–Trinajstić information content (AvgIpc) is 1.88. The van der Waals surface area contributed by atoms with Gasteiger partial charge in [0.15, 0.2) is 0 Å². The van der Waals surface area contributed by atoms with E-state index in [4.69, 9.17) is 0 Å². The topological polar surface area (TPSA) is 6.48 Å². The molecular formula is C8H18N2. The second kappa shape index (κ2) is 3.35. The van der Waals surface area contributed by atoms with Crippen LogP contribution in [0.2, 0.25) is 0 Å². The summed E-state index contributed by atoms with van der Waals surface area (Å²) in [5, 5.41) is 0. The molecule has 0 saturated carbocycles. The Morgan fingerprint density at radius 1 is 1.40 bits per heavy atom. The van der Waals surface area contributed by atoms with Crippen LogP contribution in [0, 0.1) is 0 Å². The molecule has 0 aromatic rings. The molecule has 1 fully saturated rings. The minimum Gasteiger partial charge on any atom is -0.304 e. The smallest absolute Gasteiger partial charge is 0.0195 e. The van der Waals surface area contributed by atoms with E-state index in [2.05, 4.69) is 30.7 Å². The Morgan fingerprint density at radius 2 is 2.10 bits per heavy atom. The van der Waals surface area contributed by atoms with E-state index < -0.39 is 0 Å². The van der Waals surface area contributed by atoms with Gasteiger partial charge < -0.3 is 4.90 Å². The monoisotopic (exact) mass is 142 g/mol. The molecule has 0 bridgehead atoms. The van der Waals surface area contributed by atoms with Gasteiger partial charge >= 0.3 is 0 Å². The number of likely N-dealkylation sites (N-methyl/N-ethyl adjacent to an activating group) is 2. The summed E-state index contributed by atoms with van der Waals surface area (Å²) in [6.07, 6.45) is 0. The highest BCUT2D eigenvalue weighted by atomic mass is 15.3. The fourth-order valence-corrected chi connectivity index (χ4v) is 1.65. The molecule has 1 aliphatic heterocycles. The lowest BCUT2D eigenvalue weighted by Gasteiger charge is -2.37. The Kier molecular flexibility index (Phi) is 2.69. The molecule has 1 heterocycles. The number of nitrogens with zero attached hydrogens (tertiary/aromatic N) is 2. The fraction of sp³-hybridized carbons (Fsp3) is 1.00. The molecule has 1 rings (SSSR count). The maximum Gasteiger partial charge on any atom is 0.0195 e. The maximum atomic E-state index is 2.53. The van der Waals surface area contributed by atoms with Gasteiger partial charge in [0.1, 0.15) is 0 Å². The molecule has 1 saturated heterocycles. The van der Waals surface area contributed by atoms with Gasteiger partial charge in [-0.25, -0.2) is 0 Å². The van der Waals surface area contributed by atoms with Crippen molar-refractivity contribution in [3.63, 3.8) is 0 Å². The number of rotatable bonds is 1. The predicted molar refractivity (Wildman–Crippen MR) is 44.2 cm³/mol. The van der Waals surface area contributed by atoms with Crippen molar-refractivity contribution in [1.29, 1.82) is 0 Å². The minimum atomic E-state index is 0.753. The molecule has 0 aromatic heterocycles. The van der Waals surface area contributed by atoms with Crippen LogP contribution in [0.5, 0.6) is 0 Å². The van der Waals surface area contributed by atoms with Gasteiger partial charge in [0.2, 0.25) is 0 Å². The predicted octanol–water partition coefficient (Wildman–Crippen LogP) is 0.642. The van der Waals surface area contributed by atoms with Gasteiger partial charge in [-0.2, -0.15) is 0 Å². The molecule has 1 aliphatic rings. The summed E-state index contributed by atoms with van der Waals surface area (Å²) < 4.78 is 0. The van der Waals surface area contributed by atoms with Gasteiger partial charge in [0.05, 0.1) is 0 Å². The first-order valence-corrected chi connectivity index (χ1v) is 4.16. The van der Waals surface area contributed by atoms with Crippen molar-refractivity contribution in [1.82, 2.24) is 9.80 Å². The van der Waals surface area contributed by atoms with Crippen molar-refractivity contribution in [2.24, 2.45) is 0 Å². The zero-order chi connectivity index (χ0) is 7.56. The third-order valence-electron chi connectivity index (χ3n) is 2.37. The zero-order valence-corrected chi connectivity index (χ0v) is 7.30. The van der Waals surface area contributed by atoms with Crippen molar-refractivity contribution in [3.05, 3.63) is 0 Å². The lowest BCUT2D eigenvalue weighted by Crippen LogP contribution is -2.50. The number of piperazine rings is 1. The molecule has 60 valence electrons. The molecule has 1 atom stereocenters. The lowest BCUT2D eigenvalue weighted by molar-refractivity contribution is 0.106. The Labute approximate surface area is 63.8 Å². The molecule has 2 nitrogen and oxygen atoms in total. The Bertz CT molecular complexity index is 103. The SMILES string of the molecule is CCN1CCN(C)C[C@@H]1C. The van der Waals surface area contributed by atoms with E-state index in [1.165, 1.54) is 26.2 Å². The largest absolute Gasteiger partial charge is 0.304 e. The van der Waals surface area contributed by atoms with E-state index >= 15 is 0 Å². The van der Waals surface area contributed by atoms with Crippen molar-refractivity contribution < 1.29 is 0 Å². The molecule has 0 amide bonds. The highest BCUT2D eigenvalue weighted by molar-refractivity contribution is 4.75. The summed E-state index contributed by atoms with van der Waals surface area (Å²) in [4.78, 5) is 4.93. The van der Waals surface area contributed by atoms with Gasteiger partial charge in [-0.3, -0.25) is 4.90 Å². The van der Waals surface area contributed by atoms with Gasteiger partial charge in [-0.05, 0) is 20.5 Å². The minimum absolute atomic E-state index is 0.753. The van der Waals surface area contributed by atoms with Gasteiger partial charge in [0, 0.05) is 25.7 Å². The molecule has 0 N–H and O–H groups in total. The Balaban J connectivity index is 2.36. The number of hydrogen-bond acceptors (Lipinski definition) is 2.